The first-order valence-electron chi connectivity index (χ1n) is 13.9. The zero-order chi connectivity index (χ0) is 27.8. The molecule has 0 unspecified atom stereocenters. The SMILES string of the molecule is Cc1cccc([C@H]2SCC(=O)N(CC(=O)N3CCCC3)c3c2c(-c2ccccc2)nn3-c2cccc(C)c2C)c1. The lowest BCUT2D eigenvalue weighted by atomic mass is 9.98. The van der Waals surface area contributed by atoms with Crippen molar-refractivity contribution in [2.75, 3.05) is 30.3 Å². The van der Waals surface area contributed by atoms with Crippen LogP contribution in [0.5, 0.6) is 0 Å². The Morgan fingerprint density at radius 1 is 0.950 bits per heavy atom. The van der Waals surface area contributed by atoms with E-state index in [4.69, 9.17) is 5.10 Å². The monoisotopic (exact) mass is 550 g/mol. The molecule has 6 nitrogen and oxygen atoms in total. The minimum atomic E-state index is -0.125. The van der Waals surface area contributed by atoms with Crippen LogP contribution >= 0.6 is 11.8 Å². The summed E-state index contributed by atoms with van der Waals surface area (Å²) in [6.45, 7) is 7.78. The van der Waals surface area contributed by atoms with Crippen LogP contribution in [-0.4, -0.2) is 51.9 Å². The summed E-state index contributed by atoms with van der Waals surface area (Å²) >= 11 is 1.61. The number of hydrogen-bond acceptors (Lipinski definition) is 4. The lowest BCUT2D eigenvalue weighted by molar-refractivity contribution is -0.130. The second kappa shape index (κ2) is 11.0. The molecule has 3 aromatic carbocycles. The van der Waals surface area contributed by atoms with Crippen molar-refractivity contribution in [1.29, 1.82) is 0 Å². The van der Waals surface area contributed by atoms with Gasteiger partial charge in [-0.05, 0) is 56.4 Å². The van der Waals surface area contributed by atoms with Gasteiger partial charge in [0.25, 0.3) is 0 Å². The average molecular weight is 551 g/mol. The summed E-state index contributed by atoms with van der Waals surface area (Å²) in [6.07, 6.45) is 2.02. The summed E-state index contributed by atoms with van der Waals surface area (Å²) in [5.74, 6) is 0.897. The number of carbonyl (C=O) groups excluding carboxylic acids is 2. The Bertz CT molecular complexity index is 1570. The van der Waals surface area contributed by atoms with E-state index in [2.05, 4.69) is 69.3 Å². The number of amides is 2. The molecule has 40 heavy (non-hydrogen) atoms. The zero-order valence-corrected chi connectivity index (χ0v) is 24.1. The van der Waals surface area contributed by atoms with Gasteiger partial charge in [0.1, 0.15) is 12.4 Å². The number of fused-ring (bicyclic) bond motifs is 1. The van der Waals surface area contributed by atoms with E-state index in [1.807, 2.05) is 33.8 Å². The first-order valence-corrected chi connectivity index (χ1v) is 15.0. The zero-order valence-electron chi connectivity index (χ0n) is 23.3. The van der Waals surface area contributed by atoms with Gasteiger partial charge in [0.2, 0.25) is 11.8 Å². The Labute approximate surface area is 240 Å². The van der Waals surface area contributed by atoms with Crippen molar-refractivity contribution in [3.8, 4) is 16.9 Å². The second-order valence-corrected chi connectivity index (χ2v) is 11.8. The first-order chi connectivity index (χ1) is 19.4. The van der Waals surface area contributed by atoms with E-state index in [-0.39, 0.29) is 29.4 Å². The number of nitrogens with zero attached hydrogens (tertiary/aromatic N) is 4. The normalized spacial score (nSPS) is 17.2. The topological polar surface area (TPSA) is 58.4 Å². The Kier molecular flexibility index (Phi) is 7.24. The molecule has 2 amide bonds. The lowest BCUT2D eigenvalue weighted by Gasteiger charge is -2.26. The van der Waals surface area contributed by atoms with Crippen molar-refractivity contribution < 1.29 is 9.59 Å². The van der Waals surface area contributed by atoms with E-state index < -0.39 is 0 Å². The van der Waals surface area contributed by atoms with E-state index in [1.54, 1.807) is 16.7 Å². The van der Waals surface area contributed by atoms with Gasteiger partial charge in [0.15, 0.2) is 0 Å². The van der Waals surface area contributed by atoms with Gasteiger partial charge in [-0.3, -0.25) is 14.5 Å². The molecular formula is C33H34N4O2S. The highest BCUT2D eigenvalue weighted by Crippen LogP contribution is 2.49. The Balaban J connectivity index is 1.63. The number of anilines is 1. The highest BCUT2D eigenvalue weighted by Gasteiger charge is 2.38. The molecule has 0 spiro atoms. The van der Waals surface area contributed by atoms with Gasteiger partial charge in [0, 0.05) is 24.2 Å². The third-order valence-corrected chi connectivity index (χ3v) is 9.29. The molecule has 1 fully saturated rings. The number of carbonyl (C=O) groups is 2. The van der Waals surface area contributed by atoms with Crippen LogP contribution < -0.4 is 4.90 Å². The number of aromatic nitrogens is 2. The molecule has 1 aromatic heterocycles. The van der Waals surface area contributed by atoms with Gasteiger partial charge < -0.3 is 4.90 Å². The molecule has 0 aliphatic carbocycles. The van der Waals surface area contributed by atoms with E-state index in [0.717, 1.165) is 65.1 Å². The standard InChI is InChI=1S/C33H34N4O2S/c1-22-11-9-15-26(19-22)32-30-31(25-13-5-4-6-14-25)34-37(27-16-10-12-23(2)24(27)3)33(30)36(29(39)21-40-32)20-28(38)35-17-7-8-18-35/h4-6,9-16,19,32H,7-8,17-18,20-21H2,1-3H3/t32-/m1/s1. The maximum atomic E-state index is 13.9. The predicted molar refractivity (Wildman–Crippen MR) is 162 cm³/mol. The van der Waals surface area contributed by atoms with Crippen LogP contribution in [-0.2, 0) is 9.59 Å². The van der Waals surface area contributed by atoms with Gasteiger partial charge in [-0.1, -0.05) is 72.3 Å². The van der Waals surface area contributed by atoms with Crippen LogP contribution in [0, 0.1) is 20.8 Å². The Morgan fingerprint density at radius 3 is 2.45 bits per heavy atom. The van der Waals surface area contributed by atoms with Crippen LogP contribution in [0.25, 0.3) is 16.9 Å². The fourth-order valence-electron chi connectivity index (χ4n) is 5.76. The Morgan fingerprint density at radius 2 is 1.70 bits per heavy atom. The van der Waals surface area contributed by atoms with E-state index in [9.17, 15) is 9.59 Å². The predicted octanol–water partition coefficient (Wildman–Crippen LogP) is 6.26. The van der Waals surface area contributed by atoms with Crippen LogP contribution in [0.3, 0.4) is 0 Å². The molecule has 0 saturated carbocycles. The number of thioether (sulfide) groups is 1. The molecular weight excluding hydrogens is 516 g/mol. The lowest BCUT2D eigenvalue weighted by Crippen LogP contribution is -2.43. The summed E-state index contributed by atoms with van der Waals surface area (Å²) in [7, 11) is 0. The molecule has 1 saturated heterocycles. The van der Waals surface area contributed by atoms with E-state index >= 15 is 0 Å². The number of benzene rings is 3. The van der Waals surface area contributed by atoms with E-state index in [0.29, 0.717) is 5.82 Å². The van der Waals surface area contributed by atoms with Crippen LogP contribution in [0.1, 0.15) is 45.9 Å². The molecule has 4 aromatic rings. The molecule has 2 aliphatic heterocycles. The fraction of sp³-hybridized carbons (Fsp3) is 0.303. The van der Waals surface area contributed by atoms with Crippen LogP contribution in [0.2, 0.25) is 0 Å². The quantitative estimate of drug-likeness (QED) is 0.295. The highest BCUT2D eigenvalue weighted by atomic mass is 32.2. The molecule has 204 valence electrons. The number of hydrogen-bond donors (Lipinski definition) is 0. The summed E-state index contributed by atoms with van der Waals surface area (Å²) in [5, 5.41) is 5.12. The average Bonchev–Trinajstić information content (AvgIpc) is 3.60. The number of likely N-dealkylation sites (tertiary alicyclic amines) is 1. The fourth-order valence-corrected chi connectivity index (χ4v) is 6.95. The van der Waals surface area contributed by atoms with E-state index in [1.165, 1.54) is 5.56 Å². The van der Waals surface area contributed by atoms with Gasteiger partial charge in [-0.2, -0.15) is 5.10 Å². The molecule has 7 heteroatoms. The first kappa shape index (κ1) is 26.4. The number of rotatable bonds is 5. The van der Waals surface area contributed by atoms with Crippen molar-refractivity contribution in [2.24, 2.45) is 0 Å². The van der Waals surface area contributed by atoms with Crippen molar-refractivity contribution in [2.45, 2.75) is 38.9 Å². The molecule has 2 aliphatic rings. The molecule has 0 N–H and O–H groups in total. The highest BCUT2D eigenvalue weighted by molar-refractivity contribution is 8.00. The van der Waals surface area contributed by atoms with Crippen LogP contribution in [0.4, 0.5) is 5.82 Å². The molecule has 1 atom stereocenters. The maximum Gasteiger partial charge on any atom is 0.242 e. The van der Waals surface area contributed by atoms with Crippen molar-refractivity contribution in [3.05, 3.63) is 101 Å². The van der Waals surface area contributed by atoms with Crippen molar-refractivity contribution in [1.82, 2.24) is 14.7 Å². The minimum Gasteiger partial charge on any atom is -0.341 e. The third-order valence-electron chi connectivity index (χ3n) is 8.04. The smallest absolute Gasteiger partial charge is 0.242 e. The maximum absolute atomic E-state index is 13.9. The second-order valence-electron chi connectivity index (χ2n) is 10.8. The largest absolute Gasteiger partial charge is 0.341 e. The van der Waals surface area contributed by atoms with Crippen molar-refractivity contribution >= 4 is 29.4 Å². The molecule has 6 rings (SSSR count). The summed E-state index contributed by atoms with van der Waals surface area (Å²) in [4.78, 5) is 31.1. The number of aryl methyl sites for hydroxylation is 2. The minimum absolute atomic E-state index is 0.00854. The van der Waals surface area contributed by atoms with Gasteiger partial charge in [0.05, 0.1) is 22.4 Å². The van der Waals surface area contributed by atoms with Crippen molar-refractivity contribution in [3.63, 3.8) is 0 Å². The summed E-state index contributed by atoms with van der Waals surface area (Å²) in [5.41, 5.74) is 8.25. The summed E-state index contributed by atoms with van der Waals surface area (Å²) in [6, 6.07) is 24.8. The molecule has 0 radical (unpaired) electrons. The van der Waals surface area contributed by atoms with Gasteiger partial charge >= 0.3 is 0 Å². The van der Waals surface area contributed by atoms with Gasteiger partial charge in [-0.15, -0.1) is 11.8 Å². The molecule has 3 heterocycles. The molecule has 0 bridgehead atoms. The third kappa shape index (κ3) is 4.83. The van der Waals surface area contributed by atoms with Crippen LogP contribution in [0.15, 0.2) is 72.8 Å². The van der Waals surface area contributed by atoms with Gasteiger partial charge in [-0.25, -0.2) is 4.68 Å². The summed E-state index contributed by atoms with van der Waals surface area (Å²) < 4.78 is 1.92. The Hall–Kier alpha value is -3.84.